The number of hydrogen-bond acceptors (Lipinski definition) is 2. The van der Waals surface area contributed by atoms with E-state index >= 15 is 0 Å². The van der Waals surface area contributed by atoms with Crippen LogP contribution in [-0.4, -0.2) is 23.3 Å². The zero-order valence-electron chi connectivity index (χ0n) is 13.5. The summed E-state index contributed by atoms with van der Waals surface area (Å²) in [7, 11) is 0. The Morgan fingerprint density at radius 3 is 2.52 bits per heavy atom. The minimum absolute atomic E-state index is 0.0871. The molecular formula is C19H18FN3O2. The van der Waals surface area contributed by atoms with Gasteiger partial charge in [0.1, 0.15) is 5.82 Å². The zero-order chi connectivity index (χ0) is 17.6. The van der Waals surface area contributed by atoms with E-state index in [1.165, 1.54) is 6.07 Å². The summed E-state index contributed by atoms with van der Waals surface area (Å²) in [6, 6.07) is 13.9. The lowest BCUT2D eigenvalue weighted by Crippen LogP contribution is -2.37. The number of benzene rings is 2. The third-order valence-corrected chi connectivity index (χ3v) is 3.91. The van der Waals surface area contributed by atoms with E-state index in [0.29, 0.717) is 5.56 Å². The maximum absolute atomic E-state index is 13.5. The third kappa shape index (κ3) is 4.23. The minimum atomic E-state index is -0.369. The average Bonchev–Trinajstić information content (AvgIpc) is 3.02. The van der Waals surface area contributed by atoms with Crippen molar-refractivity contribution >= 4 is 22.7 Å². The van der Waals surface area contributed by atoms with Crippen LogP contribution in [0.3, 0.4) is 0 Å². The van der Waals surface area contributed by atoms with Crippen LogP contribution in [0.25, 0.3) is 10.9 Å². The van der Waals surface area contributed by atoms with Crippen molar-refractivity contribution in [2.45, 2.75) is 13.0 Å². The number of nitrogens with one attached hydrogen (secondary N) is 3. The fourth-order valence-corrected chi connectivity index (χ4v) is 2.59. The number of carbonyl (C=O) groups excluding carboxylic acids is 2. The monoisotopic (exact) mass is 339 g/mol. The highest BCUT2D eigenvalue weighted by molar-refractivity contribution is 5.90. The van der Waals surface area contributed by atoms with Crippen molar-refractivity contribution in [3.05, 3.63) is 71.7 Å². The number of aromatic nitrogens is 1. The molecule has 0 radical (unpaired) electrons. The fourth-order valence-electron chi connectivity index (χ4n) is 2.59. The Hall–Kier alpha value is -3.15. The summed E-state index contributed by atoms with van der Waals surface area (Å²) in [6.07, 6.45) is 1.98. The molecule has 3 rings (SSSR count). The maximum atomic E-state index is 13.5. The van der Waals surface area contributed by atoms with Crippen LogP contribution in [0.4, 0.5) is 4.39 Å². The molecule has 0 fully saturated rings. The molecule has 0 saturated carbocycles. The standard InChI is InChI=1S/C19H18FN3O2/c20-16-7-3-1-5-13(16)10-22-19(25)12-23-18(24)9-14-11-21-17-8-4-2-6-15(14)17/h1-8,11,21H,9-10,12H2,(H,22,25)(H,23,24). The molecule has 0 aliphatic heterocycles. The number of rotatable bonds is 6. The van der Waals surface area contributed by atoms with Crippen molar-refractivity contribution in [1.29, 1.82) is 0 Å². The lowest BCUT2D eigenvalue weighted by molar-refractivity contribution is -0.125. The van der Waals surface area contributed by atoms with E-state index in [4.69, 9.17) is 0 Å². The van der Waals surface area contributed by atoms with E-state index in [9.17, 15) is 14.0 Å². The molecule has 6 heteroatoms. The van der Waals surface area contributed by atoms with Crippen molar-refractivity contribution in [2.24, 2.45) is 0 Å². The molecule has 2 aromatic carbocycles. The van der Waals surface area contributed by atoms with Crippen LogP contribution >= 0.6 is 0 Å². The predicted molar refractivity (Wildman–Crippen MR) is 93.3 cm³/mol. The van der Waals surface area contributed by atoms with Gasteiger partial charge in [0.25, 0.3) is 0 Å². The van der Waals surface area contributed by atoms with E-state index in [2.05, 4.69) is 15.6 Å². The van der Waals surface area contributed by atoms with E-state index in [1.807, 2.05) is 24.3 Å². The molecule has 0 atom stereocenters. The number of fused-ring (bicyclic) bond motifs is 1. The summed E-state index contributed by atoms with van der Waals surface area (Å²) in [5, 5.41) is 6.15. The number of carbonyl (C=O) groups is 2. The molecule has 0 unspecified atom stereocenters. The van der Waals surface area contributed by atoms with Gasteiger partial charge in [-0.1, -0.05) is 36.4 Å². The Balaban J connectivity index is 1.47. The molecule has 3 N–H and O–H groups in total. The van der Waals surface area contributed by atoms with Crippen LogP contribution in [0.5, 0.6) is 0 Å². The lowest BCUT2D eigenvalue weighted by atomic mass is 10.1. The second-order valence-electron chi connectivity index (χ2n) is 5.68. The molecule has 1 aromatic heterocycles. The lowest BCUT2D eigenvalue weighted by Gasteiger charge is -2.07. The predicted octanol–water partition coefficient (Wildman–Crippen LogP) is 2.28. The topological polar surface area (TPSA) is 74.0 Å². The van der Waals surface area contributed by atoms with E-state index in [1.54, 1.807) is 24.4 Å². The molecule has 1 heterocycles. The van der Waals surface area contributed by atoms with E-state index < -0.39 is 0 Å². The summed E-state index contributed by atoms with van der Waals surface area (Å²) >= 11 is 0. The maximum Gasteiger partial charge on any atom is 0.239 e. The number of halogens is 1. The van der Waals surface area contributed by atoms with Gasteiger partial charge in [-0.2, -0.15) is 0 Å². The van der Waals surface area contributed by atoms with Crippen molar-refractivity contribution in [3.63, 3.8) is 0 Å². The van der Waals surface area contributed by atoms with Crippen molar-refractivity contribution in [3.8, 4) is 0 Å². The molecule has 2 amide bonds. The molecular weight excluding hydrogens is 321 g/mol. The van der Waals surface area contributed by atoms with Crippen LogP contribution < -0.4 is 10.6 Å². The SMILES string of the molecule is O=C(CNC(=O)Cc1c[nH]c2ccccc12)NCc1ccccc1F. The van der Waals surface area contributed by atoms with E-state index in [-0.39, 0.29) is 37.1 Å². The van der Waals surface area contributed by atoms with Crippen LogP contribution in [0, 0.1) is 5.82 Å². The van der Waals surface area contributed by atoms with Gasteiger partial charge in [-0.3, -0.25) is 9.59 Å². The summed E-state index contributed by atoms with van der Waals surface area (Å²) in [5.74, 6) is -0.979. The van der Waals surface area contributed by atoms with Crippen LogP contribution in [0.15, 0.2) is 54.7 Å². The average molecular weight is 339 g/mol. The van der Waals surface area contributed by atoms with Gasteiger partial charge in [-0.15, -0.1) is 0 Å². The summed E-state index contributed by atoms with van der Waals surface area (Å²) < 4.78 is 13.5. The molecule has 25 heavy (non-hydrogen) atoms. The van der Waals surface area contributed by atoms with Gasteiger partial charge in [0, 0.05) is 29.2 Å². The van der Waals surface area contributed by atoms with Crippen LogP contribution in [0.1, 0.15) is 11.1 Å². The molecule has 0 spiro atoms. The van der Waals surface area contributed by atoms with E-state index in [0.717, 1.165) is 16.5 Å². The first kappa shape index (κ1) is 16.7. The van der Waals surface area contributed by atoms with Gasteiger partial charge in [0.05, 0.1) is 13.0 Å². The molecule has 3 aromatic rings. The van der Waals surface area contributed by atoms with Crippen molar-refractivity contribution < 1.29 is 14.0 Å². The molecule has 0 aliphatic rings. The molecule has 128 valence electrons. The smallest absolute Gasteiger partial charge is 0.239 e. The summed E-state index contributed by atoms with van der Waals surface area (Å²) in [4.78, 5) is 26.9. The van der Waals surface area contributed by atoms with Gasteiger partial charge < -0.3 is 15.6 Å². The third-order valence-electron chi connectivity index (χ3n) is 3.91. The first-order valence-corrected chi connectivity index (χ1v) is 7.95. The number of H-pyrrole nitrogens is 1. The zero-order valence-corrected chi connectivity index (χ0v) is 13.5. The van der Waals surface area contributed by atoms with Crippen molar-refractivity contribution in [2.75, 3.05) is 6.54 Å². The van der Waals surface area contributed by atoms with Gasteiger partial charge >= 0.3 is 0 Å². The largest absolute Gasteiger partial charge is 0.361 e. The Labute approximate surface area is 144 Å². The fraction of sp³-hybridized carbons (Fsp3) is 0.158. The Morgan fingerprint density at radius 1 is 0.920 bits per heavy atom. The van der Waals surface area contributed by atoms with Crippen LogP contribution in [-0.2, 0) is 22.6 Å². The number of para-hydroxylation sites is 1. The molecule has 0 saturated heterocycles. The summed E-state index contributed by atoms with van der Waals surface area (Å²) in [5.41, 5.74) is 2.24. The minimum Gasteiger partial charge on any atom is -0.361 e. The van der Waals surface area contributed by atoms with Gasteiger partial charge in [-0.05, 0) is 17.7 Å². The van der Waals surface area contributed by atoms with Gasteiger partial charge in [0.15, 0.2) is 0 Å². The highest BCUT2D eigenvalue weighted by Gasteiger charge is 2.10. The van der Waals surface area contributed by atoms with Crippen LogP contribution in [0.2, 0.25) is 0 Å². The number of hydrogen-bond donors (Lipinski definition) is 3. The molecule has 5 nitrogen and oxygen atoms in total. The molecule has 0 aliphatic carbocycles. The summed E-state index contributed by atoms with van der Waals surface area (Å²) in [6.45, 7) is -0.0561. The highest BCUT2D eigenvalue weighted by atomic mass is 19.1. The molecule has 0 bridgehead atoms. The second-order valence-corrected chi connectivity index (χ2v) is 5.68. The first-order chi connectivity index (χ1) is 12.1. The number of aromatic amines is 1. The quantitative estimate of drug-likeness (QED) is 0.645. The second kappa shape index (κ2) is 7.61. The Morgan fingerprint density at radius 2 is 1.68 bits per heavy atom. The van der Waals surface area contributed by atoms with Crippen molar-refractivity contribution in [1.82, 2.24) is 15.6 Å². The first-order valence-electron chi connectivity index (χ1n) is 7.95. The Kier molecular flexibility index (Phi) is 5.09. The number of amides is 2. The highest BCUT2D eigenvalue weighted by Crippen LogP contribution is 2.17. The van der Waals surface area contributed by atoms with Gasteiger partial charge in [0.2, 0.25) is 11.8 Å². The van der Waals surface area contributed by atoms with Gasteiger partial charge in [-0.25, -0.2) is 4.39 Å². The Bertz CT molecular complexity index is 904. The normalized spacial score (nSPS) is 10.6.